The van der Waals surface area contributed by atoms with E-state index < -0.39 is 7.82 Å². The molecule has 0 aliphatic carbocycles. The second-order valence-electron chi connectivity index (χ2n) is 11.1. The van der Waals surface area contributed by atoms with Crippen LogP contribution in [0.25, 0.3) is 0 Å². The molecule has 2 unspecified atom stereocenters. The van der Waals surface area contributed by atoms with Gasteiger partial charge in [0, 0.05) is 0 Å². The molecule has 8 nitrogen and oxygen atoms in total. The molecular formula is C28H58NO7P. The van der Waals surface area contributed by atoms with Gasteiger partial charge in [-0.25, -0.2) is 0 Å². The number of hydrogen-bond donors (Lipinski definition) is 0. The van der Waals surface area contributed by atoms with Gasteiger partial charge in [0.25, 0.3) is 7.82 Å². The zero-order valence-electron chi connectivity index (χ0n) is 24.7. The van der Waals surface area contributed by atoms with Gasteiger partial charge in [-0.1, -0.05) is 97.3 Å². The molecular weight excluding hydrogens is 493 g/mol. The lowest BCUT2D eigenvalue weighted by Gasteiger charge is -2.27. The number of likely N-dealkylation sites (N-methyl/N-ethyl adjacent to an activating group) is 1. The first-order valence-electron chi connectivity index (χ1n) is 14.8. The fourth-order valence-corrected chi connectivity index (χ4v) is 4.73. The molecule has 37 heavy (non-hydrogen) atoms. The van der Waals surface area contributed by atoms with Crippen molar-refractivity contribution in [1.29, 1.82) is 0 Å². The Morgan fingerprint density at radius 3 is 1.76 bits per heavy atom. The molecule has 9 heteroatoms. The van der Waals surface area contributed by atoms with E-state index in [0.29, 0.717) is 11.0 Å². The molecule has 0 saturated heterocycles. The van der Waals surface area contributed by atoms with Crippen LogP contribution in [0.4, 0.5) is 0 Å². The Morgan fingerprint density at radius 2 is 1.22 bits per heavy atom. The van der Waals surface area contributed by atoms with Crippen LogP contribution in [0.15, 0.2) is 0 Å². The highest BCUT2D eigenvalue weighted by molar-refractivity contribution is 7.45. The van der Waals surface area contributed by atoms with Crippen molar-refractivity contribution < 1.29 is 37.3 Å². The molecule has 0 N–H and O–H groups in total. The van der Waals surface area contributed by atoms with Crippen LogP contribution < -0.4 is 4.89 Å². The van der Waals surface area contributed by atoms with Gasteiger partial charge in [0.15, 0.2) is 0 Å². The van der Waals surface area contributed by atoms with Crippen molar-refractivity contribution in [2.75, 3.05) is 60.7 Å². The molecule has 2 atom stereocenters. The quantitative estimate of drug-likeness (QED) is 0.0515. The first kappa shape index (κ1) is 36.5. The summed E-state index contributed by atoms with van der Waals surface area (Å²) in [5.74, 6) is -0.203. The minimum Gasteiger partial charge on any atom is -0.756 e. The number of quaternary nitrogens is 1. The zero-order valence-corrected chi connectivity index (χ0v) is 25.6. The highest BCUT2D eigenvalue weighted by Gasteiger charge is 2.18. The van der Waals surface area contributed by atoms with Crippen molar-refractivity contribution in [1.82, 2.24) is 0 Å². The topological polar surface area (TPSA) is 94.1 Å². The Kier molecular flexibility index (Phi) is 23.1. The predicted octanol–water partition coefficient (Wildman–Crippen LogP) is 6.26. The number of ether oxygens (including phenoxy) is 2. The third-order valence-electron chi connectivity index (χ3n) is 6.34. The summed E-state index contributed by atoms with van der Waals surface area (Å²) in [5.41, 5.74) is 0. The SMILES string of the molecule is CCCCCCCCCCCCCCC(CCC)C(=O)OCCOCCOP(=O)([O-])OCC[N+](C)(C)C. The maximum atomic E-state index is 12.5. The molecule has 0 aromatic rings. The van der Waals surface area contributed by atoms with Gasteiger partial charge in [-0.3, -0.25) is 9.36 Å². The van der Waals surface area contributed by atoms with Crippen molar-refractivity contribution in [3.63, 3.8) is 0 Å². The third kappa shape index (κ3) is 25.5. The largest absolute Gasteiger partial charge is 0.756 e. The number of carbonyl (C=O) groups is 1. The summed E-state index contributed by atoms with van der Waals surface area (Å²) in [6.07, 6.45) is 18.4. The molecule has 0 spiro atoms. The fraction of sp³-hybridized carbons (Fsp3) is 0.964. The van der Waals surface area contributed by atoms with Crippen LogP contribution >= 0.6 is 7.82 Å². The second-order valence-corrected chi connectivity index (χ2v) is 12.5. The van der Waals surface area contributed by atoms with Crippen LogP contribution in [0.5, 0.6) is 0 Å². The standard InChI is InChI=1S/C28H58NO7P/c1-6-8-9-10-11-12-13-14-15-16-17-18-20-27(19-7-2)28(30)34-25-23-33-24-26-36-37(31,32)35-22-21-29(3,4)5/h27H,6-26H2,1-5H3. The maximum Gasteiger partial charge on any atom is 0.309 e. The number of carbonyl (C=O) groups excluding carboxylic acids is 1. The monoisotopic (exact) mass is 551 g/mol. The molecule has 0 bridgehead atoms. The Morgan fingerprint density at radius 1 is 0.703 bits per heavy atom. The molecule has 222 valence electrons. The van der Waals surface area contributed by atoms with Crippen molar-refractivity contribution >= 4 is 13.8 Å². The Labute approximate surface area is 228 Å². The van der Waals surface area contributed by atoms with Gasteiger partial charge in [0.2, 0.25) is 0 Å². The van der Waals surface area contributed by atoms with Crippen LogP contribution in [0, 0.1) is 5.92 Å². The van der Waals surface area contributed by atoms with Gasteiger partial charge < -0.3 is 27.9 Å². The first-order valence-corrected chi connectivity index (χ1v) is 16.2. The predicted molar refractivity (Wildman–Crippen MR) is 148 cm³/mol. The molecule has 0 aromatic carbocycles. The number of unbranched alkanes of at least 4 members (excludes halogenated alkanes) is 11. The number of phosphoric ester groups is 1. The molecule has 0 radical (unpaired) electrons. The molecule has 0 fully saturated rings. The number of rotatable bonds is 27. The second kappa shape index (κ2) is 23.4. The fourth-order valence-electron chi connectivity index (χ4n) is 4.05. The molecule has 0 aromatic heterocycles. The smallest absolute Gasteiger partial charge is 0.309 e. The first-order chi connectivity index (χ1) is 17.6. The highest BCUT2D eigenvalue weighted by atomic mass is 31.2. The summed E-state index contributed by atoms with van der Waals surface area (Å²) in [7, 11) is 1.52. The third-order valence-corrected chi connectivity index (χ3v) is 7.33. The van der Waals surface area contributed by atoms with E-state index in [4.69, 9.17) is 18.5 Å². The minimum absolute atomic E-state index is 0.0494. The number of nitrogens with zero attached hydrogens (tertiary/aromatic N) is 1. The molecule has 0 aliphatic heterocycles. The molecule has 0 aliphatic rings. The van der Waals surface area contributed by atoms with E-state index >= 15 is 0 Å². The van der Waals surface area contributed by atoms with Crippen LogP contribution in [0.3, 0.4) is 0 Å². The van der Waals surface area contributed by atoms with Gasteiger partial charge in [-0.2, -0.15) is 0 Å². The van der Waals surface area contributed by atoms with Crippen molar-refractivity contribution in [3.05, 3.63) is 0 Å². The summed E-state index contributed by atoms with van der Waals surface area (Å²) in [6.45, 7) is 5.29. The van der Waals surface area contributed by atoms with E-state index in [2.05, 4.69) is 13.8 Å². The summed E-state index contributed by atoms with van der Waals surface area (Å²) in [6, 6.07) is 0. The van der Waals surface area contributed by atoms with Crippen LogP contribution in [0.1, 0.15) is 110 Å². The lowest BCUT2D eigenvalue weighted by Crippen LogP contribution is -2.37. The van der Waals surface area contributed by atoms with Crippen molar-refractivity contribution in [3.8, 4) is 0 Å². The van der Waals surface area contributed by atoms with E-state index in [9.17, 15) is 14.3 Å². The van der Waals surface area contributed by atoms with E-state index in [1.54, 1.807) is 0 Å². The number of hydrogen-bond acceptors (Lipinski definition) is 7. The van der Waals surface area contributed by atoms with Gasteiger partial charge >= 0.3 is 5.97 Å². The van der Waals surface area contributed by atoms with Crippen molar-refractivity contribution in [2.24, 2.45) is 5.92 Å². The molecule has 0 rings (SSSR count). The molecule has 0 saturated carbocycles. The van der Waals surface area contributed by atoms with E-state index in [1.165, 1.54) is 70.6 Å². The lowest BCUT2D eigenvalue weighted by molar-refractivity contribution is -0.870. The number of esters is 1. The van der Waals surface area contributed by atoms with Crippen LogP contribution in [0.2, 0.25) is 0 Å². The van der Waals surface area contributed by atoms with Gasteiger partial charge in [-0.15, -0.1) is 0 Å². The van der Waals surface area contributed by atoms with Crippen molar-refractivity contribution in [2.45, 2.75) is 110 Å². The summed E-state index contributed by atoms with van der Waals surface area (Å²) in [5, 5.41) is 0. The average Bonchev–Trinajstić information content (AvgIpc) is 2.82. The zero-order chi connectivity index (χ0) is 27.8. The van der Waals surface area contributed by atoms with Crippen LogP contribution in [-0.2, 0) is 27.9 Å². The summed E-state index contributed by atoms with van der Waals surface area (Å²) < 4.78 is 32.7. The van der Waals surface area contributed by atoms with E-state index in [-0.39, 0.29) is 44.9 Å². The summed E-state index contributed by atoms with van der Waals surface area (Å²) >= 11 is 0. The maximum absolute atomic E-state index is 12.5. The minimum atomic E-state index is -4.32. The summed E-state index contributed by atoms with van der Waals surface area (Å²) in [4.78, 5) is 24.2. The molecule has 0 heterocycles. The van der Waals surface area contributed by atoms with Crippen LogP contribution in [-0.4, -0.2) is 71.2 Å². The highest BCUT2D eigenvalue weighted by Crippen LogP contribution is 2.37. The van der Waals surface area contributed by atoms with Gasteiger partial charge in [0.05, 0.1) is 46.9 Å². The number of phosphoric acid groups is 1. The lowest BCUT2D eigenvalue weighted by atomic mass is 9.96. The Balaban J connectivity index is 3.78. The van der Waals surface area contributed by atoms with E-state index in [1.807, 2.05) is 21.1 Å². The van der Waals surface area contributed by atoms with Gasteiger partial charge in [0.1, 0.15) is 19.8 Å². The Bertz CT molecular complexity index is 583. The molecule has 0 amide bonds. The normalized spacial score (nSPS) is 14.4. The Hall–Kier alpha value is -0.500. The average molecular weight is 552 g/mol. The van der Waals surface area contributed by atoms with E-state index in [0.717, 1.165) is 25.7 Å². The van der Waals surface area contributed by atoms with Gasteiger partial charge in [-0.05, 0) is 12.8 Å².